The Morgan fingerprint density at radius 1 is 1.09 bits per heavy atom. The molecule has 2 aromatic rings. The van der Waals surface area contributed by atoms with Crippen LogP contribution in [0.15, 0.2) is 29.6 Å². The van der Waals surface area contributed by atoms with Crippen molar-refractivity contribution < 1.29 is 27.5 Å². The number of amides is 2. The number of halogens is 3. The molecule has 1 aliphatic rings. The van der Waals surface area contributed by atoms with Gasteiger partial charge in [-0.25, -0.2) is 4.90 Å². The van der Waals surface area contributed by atoms with Gasteiger partial charge in [0, 0.05) is 4.88 Å². The van der Waals surface area contributed by atoms with Crippen LogP contribution in [0.4, 0.5) is 18.9 Å². The first kappa shape index (κ1) is 14.6. The van der Waals surface area contributed by atoms with Gasteiger partial charge >= 0.3 is 6.36 Å². The number of carbonyl (C=O) groups excluding carboxylic acids is 2. The van der Waals surface area contributed by atoms with E-state index in [9.17, 15) is 22.8 Å². The quantitative estimate of drug-likeness (QED) is 0.789. The largest absolute Gasteiger partial charge is 0.573 e. The van der Waals surface area contributed by atoms with E-state index in [1.165, 1.54) is 17.4 Å². The monoisotopic (exact) mass is 327 g/mol. The first-order chi connectivity index (χ1) is 10.3. The van der Waals surface area contributed by atoms with Gasteiger partial charge in [0.2, 0.25) is 0 Å². The highest BCUT2D eigenvalue weighted by Crippen LogP contribution is 2.35. The van der Waals surface area contributed by atoms with Crippen molar-refractivity contribution in [2.24, 2.45) is 0 Å². The number of anilines is 1. The molecule has 2 heterocycles. The molecule has 1 aromatic carbocycles. The van der Waals surface area contributed by atoms with Gasteiger partial charge in [0.25, 0.3) is 11.8 Å². The number of rotatable bonds is 2. The molecule has 1 aliphatic heterocycles. The number of ether oxygens (including phenoxy) is 1. The van der Waals surface area contributed by atoms with Crippen molar-refractivity contribution in [3.8, 4) is 5.75 Å². The third kappa shape index (κ3) is 2.35. The van der Waals surface area contributed by atoms with Crippen LogP contribution in [0.25, 0.3) is 0 Å². The molecule has 114 valence electrons. The zero-order valence-corrected chi connectivity index (χ0v) is 11.9. The fourth-order valence-corrected chi connectivity index (χ4v) is 2.93. The van der Waals surface area contributed by atoms with Crippen LogP contribution in [0.3, 0.4) is 0 Å². The highest BCUT2D eigenvalue weighted by atomic mass is 32.1. The molecule has 0 saturated heterocycles. The first-order valence-corrected chi connectivity index (χ1v) is 6.98. The lowest BCUT2D eigenvalue weighted by molar-refractivity contribution is -0.274. The highest BCUT2D eigenvalue weighted by Gasteiger charge is 2.39. The van der Waals surface area contributed by atoms with Crippen LogP contribution in [-0.2, 0) is 0 Å². The molecule has 3 rings (SSSR count). The SMILES string of the molecule is Cc1sccc1N1C(=O)c2ccc(OC(F)(F)F)cc2C1=O. The molecular formula is C14H8F3NO3S. The minimum atomic E-state index is -4.86. The lowest BCUT2D eigenvalue weighted by Crippen LogP contribution is -2.29. The van der Waals surface area contributed by atoms with Crippen molar-refractivity contribution in [2.45, 2.75) is 13.3 Å². The fraction of sp³-hybridized carbons (Fsp3) is 0.143. The fourth-order valence-electron chi connectivity index (χ4n) is 2.25. The third-order valence-electron chi connectivity index (χ3n) is 3.16. The lowest BCUT2D eigenvalue weighted by Gasteiger charge is -2.12. The molecule has 0 spiro atoms. The predicted octanol–water partition coefficient (Wildman–Crippen LogP) is 3.76. The Morgan fingerprint density at radius 3 is 2.36 bits per heavy atom. The van der Waals surface area contributed by atoms with Crippen molar-refractivity contribution in [1.82, 2.24) is 0 Å². The van der Waals surface area contributed by atoms with Crippen LogP contribution in [0, 0.1) is 6.92 Å². The first-order valence-electron chi connectivity index (χ1n) is 6.10. The number of carbonyl (C=O) groups is 2. The van der Waals surface area contributed by atoms with E-state index in [1.54, 1.807) is 18.4 Å². The Bertz CT molecular complexity index is 782. The number of alkyl halides is 3. The number of nitrogens with zero attached hydrogens (tertiary/aromatic N) is 1. The van der Waals surface area contributed by atoms with E-state index in [4.69, 9.17) is 0 Å². The zero-order valence-electron chi connectivity index (χ0n) is 11.1. The second kappa shape index (κ2) is 4.84. The normalized spacial score (nSPS) is 14.5. The number of hydrogen-bond donors (Lipinski definition) is 0. The number of hydrogen-bond acceptors (Lipinski definition) is 4. The van der Waals surface area contributed by atoms with Gasteiger partial charge in [-0.1, -0.05) is 0 Å². The summed E-state index contributed by atoms with van der Waals surface area (Å²) in [6.45, 7) is 1.75. The molecule has 1 aromatic heterocycles. The Balaban J connectivity index is 2.01. The Hall–Kier alpha value is -2.35. The molecule has 0 fully saturated rings. The summed E-state index contributed by atoms with van der Waals surface area (Å²) in [6.07, 6.45) is -4.86. The minimum absolute atomic E-state index is 0.0603. The molecule has 22 heavy (non-hydrogen) atoms. The van der Waals surface area contributed by atoms with E-state index in [0.717, 1.165) is 21.9 Å². The standard InChI is InChI=1S/C14H8F3NO3S/c1-7-11(4-5-22-7)18-12(19)9-3-2-8(21-14(15,16)17)6-10(9)13(18)20/h2-6H,1H3. The lowest BCUT2D eigenvalue weighted by atomic mass is 10.1. The smallest absolute Gasteiger partial charge is 0.406 e. The molecular weight excluding hydrogens is 319 g/mol. The molecule has 0 unspecified atom stereocenters. The average Bonchev–Trinajstić information content (AvgIpc) is 2.92. The number of aryl methyl sites for hydroxylation is 1. The van der Waals surface area contributed by atoms with E-state index >= 15 is 0 Å². The summed E-state index contributed by atoms with van der Waals surface area (Å²) in [5.41, 5.74) is 0.400. The summed E-state index contributed by atoms with van der Waals surface area (Å²) in [6, 6.07) is 4.74. The summed E-state index contributed by atoms with van der Waals surface area (Å²) in [5, 5.41) is 1.73. The molecule has 0 aliphatic carbocycles. The predicted molar refractivity (Wildman–Crippen MR) is 73.3 cm³/mol. The Morgan fingerprint density at radius 2 is 1.77 bits per heavy atom. The number of benzene rings is 1. The second-order valence-electron chi connectivity index (χ2n) is 4.56. The summed E-state index contributed by atoms with van der Waals surface area (Å²) < 4.78 is 40.5. The highest BCUT2D eigenvalue weighted by molar-refractivity contribution is 7.10. The maximum Gasteiger partial charge on any atom is 0.573 e. The van der Waals surface area contributed by atoms with Crippen LogP contribution in [0.2, 0.25) is 0 Å². The summed E-state index contributed by atoms with van der Waals surface area (Å²) in [4.78, 5) is 26.4. The minimum Gasteiger partial charge on any atom is -0.406 e. The topological polar surface area (TPSA) is 46.6 Å². The molecule has 2 amide bonds. The summed E-state index contributed by atoms with van der Waals surface area (Å²) in [7, 11) is 0. The van der Waals surface area contributed by atoms with Crippen LogP contribution < -0.4 is 9.64 Å². The molecule has 0 N–H and O–H groups in total. The van der Waals surface area contributed by atoms with Crippen LogP contribution in [0.1, 0.15) is 25.6 Å². The Labute approximate surface area is 126 Å². The van der Waals surface area contributed by atoms with E-state index in [2.05, 4.69) is 4.74 Å². The van der Waals surface area contributed by atoms with E-state index in [0.29, 0.717) is 5.69 Å². The van der Waals surface area contributed by atoms with Crippen LogP contribution in [-0.4, -0.2) is 18.2 Å². The van der Waals surface area contributed by atoms with Gasteiger partial charge in [0.1, 0.15) is 5.75 Å². The van der Waals surface area contributed by atoms with Gasteiger partial charge in [0.05, 0.1) is 16.8 Å². The summed E-state index contributed by atoms with van der Waals surface area (Å²) >= 11 is 1.37. The number of thiophene rings is 1. The van der Waals surface area contributed by atoms with Crippen LogP contribution in [0.5, 0.6) is 5.75 Å². The van der Waals surface area contributed by atoms with Crippen molar-refractivity contribution in [3.63, 3.8) is 0 Å². The van der Waals surface area contributed by atoms with Gasteiger partial charge in [0.15, 0.2) is 0 Å². The maximum absolute atomic E-state index is 12.3. The van der Waals surface area contributed by atoms with Gasteiger partial charge < -0.3 is 4.74 Å². The van der Waals surface area contributed by atoms with Gasteiger partial charge in [-0.2, -0.15) is 0 Å². The second-order valence-corrected chi connectivity index (χ2v) is 5.68. The van der Waals surface area contributed by atoms with Gasteiger partial charge in [-0.05, 0) is 36.6 Å². The van der Waals surface area contributed by atoms with E-state index < -0.39 is 23.9 Å². The van der Waals surface area contributed by atoms with Crippen molar-refractivity contribution >= 4 is 28.8 Å². The third-order valence-corrected chi connectivity index (χ3v) is 4.00. The van der Waals surface area contributed by atoms with Gasteiger partial charge in [-0.15, -0.1) is 24.5 Å². The van der Waals surface area contributed by atoms with Crippen molar-refractivity contribution in [2.75, 3.05) is 4.90 Å². The zero-order chi connectivity index (χ0) is 16.1. The van der Waals surface area contributed by atoms with E-state index in [-0.39, 0.29) is 11.1 Å². The molecule has 0 atom stereocenters. The van der Waals surface area contributed by atoms with Crippen molar-refractivity contribution in [3.05, 3.63) is 45.6 Å². The molecule has 0 bridgehead atoms. The molecule has 0 radical (unpaired) electrons. The maximum atomic E-state index is 12.3. The molecule has 0 saturated carbocycles. The Kier molecular flexibility index (Phi) is 3.21. The molecule has 4 nitrogen and oxygen atoms in total. The van der Waals surface area contributed by atoms with Gasteiger partial charge in [-0.3, -0.25) is 9.59 Å². The summed E-state index contributed by atoms with van der Waals surface area (Å²) in [5.74, 6) is -1.74. The molecule has 8 heteroatoms. The average molecular weight is 327 g/mol. The van der Waals surface area contributed by atoms with Crippen molar-refractivity contribution in [1.29, 1.82) is 0 Å². The van der Waals surface area contributed by atoms with E-state index in [1.807, 2.05) is 0 Å². The number of fused-ring (bicyclic) bond motifs is 1. The number of imide groups is 1. The van der Waals surface area contributed by atoms with Crippen LogP contribution >= 0.6 is 11.3 Å².